The lowest BCUT2D eigenvalue weighted by Gasteiger charge is -2.02. The van der Waals surface area contributed by atoms with Gasteiger partial charge in [-0.3, -0.25) is 0 Å². The molecular weight excluding hydrogens is 216 g/mol. The van der Waals surface area contributed by atoms with Crippen molar-refractivity contribution < 1.29 is 4.74 Å². The first-order valence-corrected chi connectivity index (χ1v) is 5.50. The Balaban J connectivity index is 2.18. The maximum atomic E-state index is 5.72. The Bertz CT molecular complexity index is 476. The van der Waals surface area contributed by atoms with Gasteiger partial charge < -0.3 is 10.5 Å². The third-order valence-corrected chi connectivity index (χ3v) is 2.41. The van der Waals surface area contributed by atoms with Crippen LogP contribution in [0.3, 0.4) is 0 Å². The summed E-state index contributed by atoms with van der Waals surface area (Å²) in [5, 5.41) is 8.14. The molecule has 0 amide bonds. The molecule has 1 aromatic carbocycles. The fourth-order valence-corrected chi connectivity index (χ4v) is 1.58. The Morgan fingerprint density at radius 2 is 2.06 bits per heavy atom. The van der Waals surface area contributed by atoms with Crippen molar-refractivity contribution >= 4 is 0 Å². The van der Waals surface area contributed by atoms with Crippen molar-refractivity contribution in [3.8, 4) is 11.4 Å². The molecule has 17 heavy (non-hydrogen) atoms. The van der Waals surface area contributed by atoms with Gasteiger partial charge in [0, 0.05) is 12.5 Å². The molecule has 2 rings (SSSR count). The van der Waals surface area contributed by atoms with Gasteiger partial charge in [-0.25, -0.2) is 4.68 Å². The second kappa shape index (κ2) is 4.97. The van der Waals surface area contributed by atoms with E-state index in [4.69, 9.17) is 10.5 Å². The van der Waals surface area contributed by atoms with Crippen LogP contribution in [0, 0.1) is 0 Å². The van der Waals surface area contributed by atoms with Crippen LogP contribution >= 0.6 is 0 Å². The minimum Gasteiger partial charge on any atom is -0.497 e. The van der Waals surface area contributed by atoms with Gasteiger partial charge >= 0.3 is 0 Å². The number of hydrogen-bond donors (Lipinski definition) is 1. The molecule has 1 heterocycles. The van der Waals surface area contributed by atoms with Crippen LogP contribution in [0.25, 0.3) is 5.69 Å². The van der Waals surface area contributed by atoms with E-state index in [0.29, 0.717) is 0 Å². The summed E-state index contributed by atoms with van der Waals surface area (Å²) in [5.41, 5.74) is 7.57. The van der Waals surface area contributed by atoms with E-state index < -0.39 is 0 Å². The maximum absolute atomic E-state index is 5.72. The van der Waals surface area contributed by atoms with Crippen molar-refractivity contribution in [1.82, 2.24) is 15.0 Å². The zero-order valence-corrected chi connectivity index (χ0v) is 10.00. The third-order valence-electron chi connectivity index (χ3n) is 2.41. The molecule has 0 aliphatic heterocycles. The van der Waals surface area contributed by atoms with Gasteiger partial charge in [-0.15, -0.1) is 5.10 Å². The second-order valence-electron chi connectivity index (χ2n) is 4.03. The summed E-state index contributed by atoms with van der Waals surface area (Å²) in [6, 6.07) is 7.74. The van der Waals surface area contributed by atoms with Gasteiger partial charge in [0.2, 0.25) is 0 Å². The molecule has 0 radical (unpaired) electrons. The van der Waals surface area contributed by atoms with Gasteiger partial charge in [-0.2, -0.15) is 0 Å². The number of nitrogens with zero attached hydrogens (tertiary/aromatic N) is 3. The number of methoxy groups -OCH3 is 1. The van der Waals surface area contributed by atoms with E-state index in [1.54, 1.807) is 11.8 Å². The zero-order chi connectivity index (χ0) is 12.3. The van der Waals surface area contributed by atoms with E-state index in [1.807, 2.05) is 37.4 Å². The van der Waals surface area contributed by atoms with Crippen molar-refractivity contribution in [2.75, 3.05) is 7.11 Å². The van der Waals surface area contributed by atoms with Gasteiger partial charge in [0.1, 0.15) is 5.75 Å². The lowest BCUT2D eigenvalue weighted by atomic mass is 10.2. The highest BCUT2D eigenvalue weighted by atomic mass is 16.5. The molecule has 0 bridgehead atoms. The summed E-state index contributed by atoms with van der Waals surface area (Å²) < 4.78 is 6.83. The fourth-order valence-electron chi connectivity index (χ4n) is 1.58. The maximum Gasteiger partial charge on any atom is 0.119 e. The molecule has 2 aromatic rings. The van der Waals surface area contributed by atoms with Gasteiger partial charge in [-0.1, -0.05) is 5.21 Å². The standard InChI is InChI=1S/C12H16N4O/c1-9(13)7-10-8-16(15-14-10)11-3-5-12(17-2)6-4-11/h3-6,8-9H,7,13H2,1-2H3. The molecule has 0 saturated heterocycles. The molecule has 0 saturated carbocycles. The monoisotopic (exact) mass is 232 g/mol. The van der Waals surface area contributed by atoms with E-state index in [2.05, 4.69) is 10.3 Å². The van der Waals surface area contributed by atoms with Crippen molar-refractivity contribution in [3.05, 3.63) is 36.2 Å². The van der Waals surface area contributed by atoms with Crippen LogP contribution < -0.4 is 10.5 Å². The van der Waals surface area contributed by atoms with Crippen molar-refractivity contribution in [2.24, 2.45) is 5.73 Å². The molecule has 1 aromatic heterocycles. The summed E-state index contributed by atoms with van der Waals surface area (Å²) in [4.78, 5) is 0. The van der Waals surface area contributed by atoms with Crippen LogP contribution in [-0.2, 0) is 6.42 Å². The predicted octanol–water partition coefficient (Wildman–Crippen LogP) is 1.17. The molecule has 2 N–H and O–H groups in total. The lowest BCUT2D eigenvalue weighted by Crippen LogP contribution is -2.17. The number of nitrogens with two attached hydrogens (primary N) is 1. The molecule has 90 valence electrons. The number of hydrogen-bond acceptors (Lipinski definition) is 4. The molecule has 0 aliphatic carbocycles. The van der Waals surface area contributed by atoms with Crippen LogP contribution in [-0.4, -0.2) is 28.1 Å². The summed E-state index contributed by atoms with van der Waals surface area (Å²) >= 11 is 0. The van der Waals surface area contributed by atoms with E-state index in [1.165, 1.54) is 0 Å². The van der Waals surface area contributed by atoms with Crippen LogP contribution in [0.1, 0.15) is 12.6 Å². The minimum atomic E-state index is 0.0935. The molecule has 0 aliphatic rings. The van der Waals surface area contributed by atoms with E-state index in [9.17, 15) is 0 Å². The summed E-state index contributed by atoms with van der Waals surface area (Å²) in [6.07, 6.45) is 2.63. The largest absolute Gasteiger partial charge is 0.497 e. The minimum absolute atomic E-state index is 0.0935. The topological polar surface area (TPSA) is 66.0 Å². The zero-order valence-electron chi connectivity index (χ0n) is 10.00. The number of ether oxygens (including phenoxy) is 1. The first-order chi connectivity index (χ1) is 8.19. The molecular formula is C12H16N4O. The Kier molecular flexibility index (Phi) is 3.39. The molecule has 0 spiro atoms. The Morgan fingerprint density at radius 1 is 1.35 bits per heavy atom. The smallest absolute Gasteiger partial charge is 0.119 e. The molecule has 1 unspecified atom stereocenters. The Morgan fingerprint density at radius 3 is 2.65 bits per heavy atom. The first kappa shape index (κ1) is 11.6. The summed E-state index contributed by atoms with van der Waals surface area (Å²) in [6.45, 7) is 1.95. The van der Waals surface area contributed by atoms with Crippen molar-refractivity contribution in [1.29, 1.82) is 0 Å². The average molecular weight is 232 g/mol. The van der Waals surface area contributed by atoms with E-state index >= 15 is 0 Å². The van der Waals surface area contributed by atoms with Gasteiger partial charge in [-0.05, 0) is 31.2 Å². The van der Waals surface area contributed by atoms with Crippen LogP contribution in [0.15, 0.2) is 30.5 Å². The first-order valence-electron chi connectivity index (χ1n) is 5.50. The highest BCUT2D eigenvalue weighted by Gasteiger charge is 2.05. The predicted molar refractivity (Wildman–Crippen MR) is 65.3 cm³/mol. The normalized spacial score (nSPS) is 12.4. The van der Waals surface area contributed by atoms with Crippen LogP contribution in [0.2, 0.25) is 0 Å². The molecule has 1 atom stereocenters. The van der Waals surface area contributed by atoms with E-state index in [0.717, 1.165) is 23.6 Å². The van der Waals surface area contributed by atoms with Gasteiger partial charge in [0.05, 0.1) is 24.7 Å². The fraction of sp³-hybridized carbons (Fsp3) is 0.333. The van der Waals surface area contributed by atoms with Crippen LogP contribution in [0.4, 0.5) is 0 Å². The quantitative estimate of drug-likeness (QED) is 0.859. The highest BCUT2D eigenvalue weighted by molar-refractivity contribution is 5.36. The Hall–Kier alpha value is -1.88. The number of aromatic nitrogens is 3. The van der Waals surface area contributed by atoms with Gasteiger partial charge in [0.15, 0.2) is 0 Å². The number of rotatable bonds is 4. The summed E-state index contributed by atoms with van der Waals surface area (Å²) in [5.74, 6) is 0.824. The summed E-state index contributed by atoms with van der Waals surface area (Å²) in [7, 11) is 1.64. The van der Waals surface area contributed by atoms with Gasteiger partial charge in [0.25, 0.3) is 0 Å². The van der Waals surface area contributed by atoms with Crippen LogP contribution in [0.5, 0.6) is 5.75 Å². The van der Waals surface area contributed by atoms with Crippen molar-refractivity contribution in [3.63, 3.8) is 0 Å². The van der Waals surface area contributed by atoms with E-state index in [-0.39, 0.29) is 6.04 Å². The third kappa shape index (κ3) is 2.82. The second-order valence-corrected chi connectivity index (χ2v) is 4.03. The SMILES string of the molecule is COc1ccc(-n2cc(CC(C)N)nn2)cc1. The highest BCUT2D eigenvalue weighted by Crippen LogP contribution is 2.14. The average Bonchev–Trinajstić information content (AvgIpc) is 2.77. The molecule has 5 nitrogen and oxygen atoms in total. The molecule has 0 fully saturated rings. The van der Waals surface area contributed by atoms with Crippen molar-refractivity contribution in [2.45, 2.75) is 19.4 Å². The Labute approximate surface area is 100 Å². The lowest BCUT2D eigenvalue weighted by molar-refractivity contribution is 0.414. The number of benzene rings is 1. The molecule has 5 heteroatoms.